The van der Waals surface area contributed by atoms with Crippen LogP contribution in [0.2, 0.25) is 0 Å². The van der Waals surface area contributed by atoms with E-state index in [4.69, 9.17) is 23.7 Å². The molecule has 3 saturated heterocycles. The summed E-state index contributed by atoms with van der Waals surface area (Å²) in [7, 11) is 7.09. The fourth-order valence-electron chi connectivity index (χ4n) is 17.3. The molecule has 12 aromatic rings. The molecule has 8 aromatic carbocycles. The van der Waals surface area contributed by atoms with E-state index in [0.717, 1.165) is 118 Å². The first kappa shape index (κ1) is 89.5. The van der Waals surface area contributed by atoms with Gasteiger partial charge in [0.15, 0.2) is 35.8 Å². The third-order valence-corrected chi connectivity index (χ3v) is 24.0. The van der Waals surface area contributed by atoms with E-state index in [1.807, 2.05) is 238 Å². The largest absolute Gasteiger partial charge is 0.489 e. The first-order valence-electron chi connectivity index (χ1n) is 44.2. The minimum atomic E-state index is -0.864. The maximum Gasteiger partial charge on any atom is 0.416 e. The zero-order chi connectivity index (χ0) is 91.3. The molecular formula is C103H104N14O14. The van der Waals surface area contributed by atoms with Crippen molar-refractivity contribution in [2.75, 3.05) is 52.5 Å². The number of nitrogens with one attached hydrogen (secondary N) is 4. The molecule has 9 heterocycles. The lowest BCUT2D eigenvalue weighted by Crippen LogP contribution is -2.57. The number of anilines is 5. The number of imidazole rings is 2. The number of piperidine rings is 2. The van der Waals surface area contributed by atoms with Crippen LogP contribution >= 0.6 is 0 Å². The lowest BCUT2D eigenvalue weighted by Gasteiger charge is -2.42. The average Bonchev–Trinajstić information content (AvgIpc) is 1.61. The number of aryl methyl sites for hydroxylation is 6. The Bertz CT molecular complexity index is 6320. The third-order valence-electron chi connectivity index (χ3n) is 24.0. The maximum absolute atomic E-state index is 14.3. The van der Waals surface area contributed by atoms with Gasteiger partial charge >= 0.3 is 6.09 Å². The topological polar surface area (TPSA) is 315 Å². The van der Waals surface area contributed by atoms with Gasteiger partial charge in [0.2, 0.25) is 23.4 Å². The van der Waals surface area contributed by atoms with Crippen molar-refractivity contribution in [3.63, 3.8) is 0 Å². The summed E-state index contributed by atoms with van der Waals surface area (Å²) >= 11 is 0. The summed E-state index contributed by atoms with van der Waals surface area (Å²) in [5.74, 6) is 0.543. The predicted octanol–water partition coefficient (Wildman–Crippen LogP) is 17.1. The van der Waals surface area contributed by atoms with E-state index in [1.54, 1.807) is 56.9 Å². The van der Waals surface area contributed by atoms with Gasteiger partial charge < -0.3 is 73.0 Å². The number of nitrogens with zero attached hydrogens (tertiary/aromatic N) is 10. The van der Waals surface area contributed by atoms with Crippen molar-refractivity contribution in [1.29, 1.82) is 0 Å². The van der Waals surface area contributed by atoms with Gasteiger partial charge in [-0.1, -0.05) is 146 Å². The van der Waals surface area contributed by atoms with Crippen molar-refractivity contribution >= 4 is 93.7 Å². The van der Waals surface area contributed by atoms with Crippen molar-refractivity contribution in [3.8, 4) is 33.8 Å². The fourth-order valence-corrected chi connectivity index (χ4v) is 17.3. The highest BCUT2D eigenvalue weighted by Crippen LogP contribution is 2.42. The molecule has 0 spiro atoms. The fraction of sp³-hybridized carbons (Fsp3) is 0.282. The summed E-state index contributed by atoms with van der Waals surface area (Å²) in [6.45, 7) is 9.72. The summed E-state index contributed by atoms with van der Waals surface area (Å²) in [4.78, 5) is 140. The summed E-state index contributed by atoms with van der Waals surface area (Å²) in [5.41, 5.74) is 14.3. The molecule has 4 N–H and O–H groups in total. The Kier molecular flexibility index (Phi) is 27.7. The van der Waals surface area contributed by atoms with Crippen LogP contribution in [0.5, 0.6) is 11.5 Å². The van der Waals surface area contributed by atoms with Gasteiger partial charge in [0.1, 0.15) is 42.7 Å². The van der Waals surface area contributed by atoms with Crippen molar-refractivity contribution in [2.24, 2.45) is 33.2 Å². The molecule has 17 rings (SSSR count). The molecule has 0 saturated carbocycles. The standard InChI is InChI=1S/C56H59N7O9.C47H45N7O5/c1-5-25-70-56(68)63-45-32-48(36(2)27-43(45)54(67)62-24-11-9-18-44(62)55(63)72-51-19-10-12-26-69-51)71-35-39-15-13-14-38(28-39)30-50(65)58-49-34-61(4)52(59-49)47(64)29-37-20-22-40(23-21-37)41-31-46(60(3)33-41)53(66)57-42-16-7-6-8-17-42;1-30-20-38-39(48-26-37-14-7-8-19-54(37)47(38)58)25-42(30)59-29-33-11-9-10-32(21-33)23-44(56)50-43-28-53(3)45(51-43)41(55)22-31-15-17-34(18-16-31)35-24-40(52(2)27-35)46(57)49-36-12-5-4-6-13-36/h5-8,13-17,20-23,27-28,31-34,44,51,55H,1,9-12,18-19,24-26,29-30,35H2,2-4H3,(H,57,66)(H,58,65);4-6,9-13,15-18,20-21,24-28,37H,7-8,14,19,22-23,29H2,1-3H3,(H,49,57)(H,50,56)/t44-,51?,55?;37-/m00/s1. The van der Waals surface area contributed by atoms with Crippen LogP contribution in [0.25, 0.3) is 22.3 Å². The van der Waals surface area contributed by atoms with Crippen LogP contribution in [0, 0.1) is 13.8 Å². The Labute approximate surface area is 759 Å². The molecule has 5 aliphatic rings. The molecule has 0 radical (unpaired) electrons. The number of para-hydroxylation sites is 2. The molecule has 3 fully saturated rings. The second-order valence-electron chi connectivity index (χ2n) is 33.7. The number of ether oxygens (including phenoxy) is 5. The molecule has 28 heteroatoms. The lowest BCUT2D eigenvalue weighted by molar-refractivity contribution is -0.198. The minimum Gasteiger partial charge on any atom is -0.489 e. The van der Waals surface area contributed by atoms with Gasteiger partial charge in [0, 0.05) is 126 Å². The molecule has 4 atom stereocenters. The highest BCUT2D eigenvalue weighted by Gasteiger charge is 2.47. The van der Waals surface area contributed by atoms with Crippen molar-refractivity contribution < 1.29 is 66.8 Å². The van der Waals surface area contributed by atoms with Gasteiger partial charge in [-0.05, 0) is 176 Å². The number of carbonyl (C=O) groups excluding carboxylic acids is 9. The molecule has 131 heavy (non-hydrogen) atoms. The van der Waals surface area contributed by atoms with Crippen LogP contribution in [0.3, 0.4) is 0 Å². The van der Waals surface area contributed by atoms with Crippen molar-refractivity contribution in [3.05, 3.63) is 310 Å². The highest BCUT2D eigenvalue weighted by atomic mass is 16.7. The molecular weight excluding hydrogens is 1660 g/mol. The number of hydrogen-bond donors (Lipinski definition) is 4. The van der Waals surface area contributed by atoms with E-state index < -0.39 is 24.7 Å². The number of aliphatic imine (C=N–C) groups is 1. The highest BCUT2D eigenvalue weighted by molar-refractivity contribution is 6.08. The number of ketones is 2. The summed E-state index contributed by atoms with van der Waals surface area (Å²) < 4.78 is 37.7. The first-order valence-corrected chi connectivity index (χ1v) is 44.2. The van der Waals surface area contributed by atoms with E-state index >= 15 is 0 Å². The van der Waals surface area contributed by atoms with Crippen LogP contribution in [-0.2, 0) is 90.9 Å². The maximum atomic E-state index is 14.3. The predicted molar refractivity (Wildman–Crippen MR) is 500 cm³/mol. The molecule has 7 amide bonds. The zero-order valence-corrected chi connectivity index (χ0v) is 74.1. The van der Waals surface area contributed by atoms with Gasteiger partial charge in [-0.3, -0.25) is 43.3 Å². The number of hydrogen-bond acceptors (Lipinski definition) is 17. The Balaban J connectivity index is 0.000000195. The van der Waals surface area contributed by atoms with E-state index in [2.05, 4.69) is 42.8 Å². The smallest absolute Gasteiger partial charge is 0.416 e. The van der Waals surface area contributed by atoms with E-state index in [-0.39, 0.29) is 116 Å². The number of fused-ring (bicyclic) bond motifs is 4. The second-order valence-corrected chi connectivity index (χ2v) is 33.7. The van der Waals surface area contributed by atoms with E-state index in [0.29, 0.717) is 88.5 Å². The molecule has 5 aliphatic heterocycles. The number of rotatable bonds is 28. The van der Waals surface area contributed by atoms with Gasteiger partial charge in [0.25, 0.3) is 23.6 Å². The number of Topliss-reactive ketones (excluding diaryl/α,β-unsaturated/α-hetero) is 2. The Morgan fingerprint density at radius 1 is 0.481 bits per heavy atom. The molecule has 4 aromatic heterocycles. The van der Waals surface area contributed by atoms with Gasteiger partial charge in [0.05, 0.1) is 47.4 Å². The molecule has 0 aliphatic carbocycles. The molecule has 0 bridgehead atoms. The van der Waals surface area contributed by atoms with Gasteiger partial charge in [-0.25, -0.2) is 19.7 Å². The SMILES string of the molecule is C=CCOC(=O)N1c2cc(OCc3cccc(CC(=O)Nc4cn(C)c(C(=O)Cc5ccc(-c6cc(C(=O)Nc7ccccc7)n(C)c6)cc5)n4)c3)c(C)cc2C(=O)N2CCCC[C@H]2C1OC1CCCCO1.Cc1cc2c(cc1OCc1cccc(CC(=O)Nc3cn(C)c(C(=O)Cc4ccc(-c5cc(C(=O)Nc6ccccc6)n(C)c5)cc4)n3)c1)N=C[C@@H]1CCCCN1C2=O. The quantitative estimate of drug-likeness (QED) is 0.0261. The average molecular weight is 1760 g/mol. The molecule has 670 valence electrons. The Morgan fingerprint density at radius 2 is 0.977 bits per heavy atom. The molecule has 28 nitrogen and oxygen atoms in total. The van der Waals surface area contributed by atoms with Crippen LogP contribution in [0.15, 0.2) is 237 Å². The minimum absolute atomic E-state index is 0.0192. The van der Waals surface area contributed by atoms with Gasteiger partial charge in [-0.15, -0.1) is 0 Å². The van der Waals surface area contributed by atoms with E-state index in [1.165, 1.54) is 11.0 Å². The lowest BCUT2D eigenvalue weighted by atomic mass is 10.00. The van der Waals surface area contributed by atoms with Crippen LogP contribution < -0.4 is 35.6 Å². The van der Waals surface area contributed by atoms with Crippen LogP contribution in [-0.4, -0.2) is 148 Å². The van der Waals surface area contributed by atoms with Gasteiger partial charge in [-0.2, -0.15) is 0 Å². The number of benzene rings is 8. The second kappa shape index (κ2) is 40.6. The van der Waals surface area contributed by atoms with Crippen LogP contribution in [0.4, 0.5) is 39.2 Å². The summed E-state index contributed by atoms with van der Waals surface area (Å²) in [5, 5.41) is 11.5. The van der Waals surface area contributed by atoms with E-state index in [9.17, 15) is 43.2 Å². The number of amides is 7. The van der Waals surface area contributed by atoms with Crippen LogP contribution in [0.1, 0.15) is 165 Å². The Morgan fingerprint density at radius 3 is 1.50 bits per heavy atom. The van der Waals surface area contributed by atoms with Crippen molar-refractivity contribution in [1.82, 2.24) is 38.0 Å². The number of aromatic nitrogens is 6. The summed E-state index contributed by atoms with van der Waals surface area (Å²) in [6.07, 6.45) is 16.6. The normalized spacial score (nSPS) is 16.2. The molecule has 2 unspecified atom stereocenters. The Hall–Kier alpha value is -14.9. The summed E-state index contributed by atoms with van der Waals surface area (Å²) in [6, 6.07) is 59.4. The monoisotopic (exact) mass is 1760 g/mol. The third kappa shape index (κ3) is 21.4. The first-order chi connectivity index (χ1) is 63.5. The zero-order valence-electron chi connectivity index (χ0n) is 74.1. The number of carbonyl (C=O) groups is 9. The van der Waals surface area contributed by atoms with Crippen molar-refractivity contribution in [2.45, 2.75) is 135 Å².